The number of likely N-dealkylation sites (tertiary alicyclic amines) is 1. The van der Waals surface area contributed by atoms with Gasteiger partial charge in [-0.25, -0.2) is 0 Å². The molecule has 2 aromatic heterocycles. The Morgan fingerprint density at radius 2 is 1.20 bits per heavy atom. The summed E-state index contributed by atoms with van der Waals surface area (Å²) in [4.78, 5) is 14.7. The lowest BCUT2D eigenvalue weighted by molar-refractivity contribution is 0.200. The van der Waals surface area contributed by atoms with Gasteiger partial charge in [0.05, 0.1) is 5.69 Å². The molecule has 0 N–H and O–H groups in total. The Morgan fingerprint density at radius 1 is 0.633 bits per heavy atom. The van der Waals surface area contributed by atoms with E-state index in [0.29, 0.717) is 6.04 Å². The summed E-state index contributed by atoms with van der Waals surface area (Å²) < 4.78 is 0. The molecule has 260 valence electrons. The van der Waals surface area contributed by atoms with E-state index in [2.05, 4.69) is 130 Å². The summed E-state index contributed by atoms with van der Waals surface area (Å²) in [5.41, 5.74) is 17.9. The Balaban J connectivity index is 0.00000217. The van der Waals surface area contributed by atoms with Gasteiger partial charge in [0.1, 0.15) is 0 Å². The lowest BCUT2D eigenvalue weighted by Gasteiger charge is -2.40. The molecule has 0 saturated carbocycles. The summed E-state index contributed by atoms with van der Waals surface area (Å²) in [5.74, 6) is 0. The smallest absolute Gasteiger partial charge is 0.0705 e. The second-order valence-electron chi connectivity index (χ2n) is 13.6. The van der Waals surface area contributed by atoms with Crippen LogP contribution in [0.3, 0.4) is 0 Å². The van der Waals surface area contributed by atoms with Crippen LogP contribution in [-0.4, -0.2) is 34.0 Å². The predicted molar refractivity (Wildman–Crippen MR) is 215 cm³/mol. The van der Waals surface area contributed by atoms with Crippen LogP contribution in [-0.2, 0) is 13.1 Å². The zero-order chi connectivity index (χ0) is 32.4. The number of benzene rings is 3. The van der Waals surface area contributed by atoms with Gasteiger partial charge in [0, 0.05) is 67.6 Å². The van der Waals surface area contributed by atoms with Crippen LogP contribution >= 0.6 is 37.2 Å². The summed E-state index contributed by atoms with van der Waals surface area (Å²) in [6.45, 7) is 19.3. The number of hydrogen-bond donors (Lipinski definition) is 0. The molecule has 0 spiro atoms. The first-order valence-electron chi connectivity index (χ1n) is 16.8. The van der Waals surface area contributed by atoms with Gasteiger partial charge in [-0.05, 0) is 154 Å². The molecular weight excluding hydrogens is 667 g/mol. The zero-order valence-corrected chi connectivity index (χ0v) is 32.4. The predicted octanol–water partition coefficient (Wildman–Crippen LogP) is 10.9. The number of aromatic nitrogens is 2. The average Bonchev–Trinajstić information content (AvgIpc) is 3.06. The third kappa shape index (κ3) is 9.43. The van der Waals surface area contributed by atoms with Crippen molar-refractivity contribution in [2.45, 2.75) is 80.4 Å². The third-order valence-corrected chi connectivity index (χ3v) is 10.2. The highest BCUT2D eigenvalue weighted by Crippen LogP contribution is 2.30. The number of halogens is 3. The molecule has 7 heteroatoms. The van der Waals surface area contributed by atoms with Gasteiger partial charge < -0.3 is 4.90 Å². The lowest BCUT2D eigenvalue weighted by Crippen LogP contribution is -2.44. The first-order valence-corrected chi connectivity index (χ1v) is 16.8. The van der Waals surface area contributed by atoms with Gasteiger partial charge in [-0.1, -0.05) is 29.8 Å². The van der Waals surface area contributed by atoms with Crippen molar-refractivity contribution in [2.75, 3.05) is 18.0 Å². The largest absolute Gasteiger partial charge is 0.364 e. The molecule has 0 amide bonds. The maximum Gasteiger partial charge on any atom is 0.0705 e. The third-order valence-electron chi connectivity index (χ3n) is 10.2. The fourth-order valence-electron chi connectivity index (χ4n) is 6.86. The van der Waals surface area contributed by atoms with Gasteiger partial charge in [-0.3, -0.25) is 14.9 Å². The molecule has 3 heterocycles. The van der Waals surface area contributed by atoms with E-state index in [9.17, 15) is 0 Å². The summed E-state index contributed by atoms with van der Waals surface area (Å²) >= 11 is 0. The maximum atomic E-state index is 4.78. The molecule has 3 aromatic carbocycles. The van der Waals surface area contributed by atoms with E-state index in [4.69, 9.17) is 4.98 Å². The molecular formula is C42H51Cl3N4. The van der Waals surface area contributed by atoms with E-state index < -0.39 is 0 Å². The Bertz CT molecular complexity index is 1800. The van der Waals surface area contributed by atoms with Crippen LogP contribution < -0.4 is 4.90 Å². The number of anilines is 1. The summed E-state index contributed by atoms with van der Waals surface area (Å²) in [7, 11) is 0. The Morgan fingerprint density at radius 3 is 1.80 bits per heavy atom. The van der Waals surface area contributed by atoms with Gasteiger partial charge in [-0.15, -0.1) is 37.2 Å². The van der Waals surface area contributed by atoms with Crippen LogP contribution in [0.15, 0.2) is 85.3 Å². The van der Waals surface area contributed by atoms with Crippen LogP contribution in [0.5, 0.6) is 0 Å². The second kappa shape index (κ2) is 17.5. The topological polar surface area (TPSA) is 32.3 Å². The number of hydrogen-bond acceptors (Lipinski definition) is 4. The number of pyridine rings is 2. The van der Waals surface area contributed by atoms with Crippen molar-refractivity contribution in [1.82, 2.24) is 14.9 Å². The first kappa shape index (κ1) is 40.0. The van der Waals surface area contributed by atoms with E-state index in [1.807, 2.05) is 18.6 Å². The molecule has 0 radical (unpaired) electrons. The Labute approximate surface area is 312 Å². The molecule has 1 saturated heterocycles. The highest BCUT2D eigenvalue weighted by Gasteiger charge is 2.26. The highest BCUT2D eigenvalue weighted by atomic mass is 35.5. The molecule has 4 nitrogen and oxygen atoms in total. The monoisotopic (exact) mass is 716 g/mol. The number of nitrogens with zero attached hydrogens (tertiary/aromatic N) is 4. The Kier molecular flexibility index (Phi) is 14.3. The summed E-state index contributed by atoms with van der Waals surface area (Å²) in [6.07, 6.45) is 8.29. The standard InChI is InChI=1S/C42H48N4.3ClH/c1-28-8-10-40(11-9-28)46(27-35-12-15-44-42(23-35)38-20-31(4)34(7)32(5)21-38)41-13-16-45(17-14-41)26-36-22-39(25-43-24-36)37-18-29(2)33(6)30(3)19-37;;;/h8-12,15,18-25,41H,13-14,16-17,26-27H2,1-7H3;3*1H. The molecule has 1 aliphatic heterocycles. The van der Waals surface area contributed by atoms with E-state index in [1.54, 1.807) is 0 Å². The van der Waals surface area contributed by atoms with Gasteiger partial charge in [-0.2, -0.15) is 0 Å². The fourth-order valence-corrected chi connectivity index (χ4v) is 6.86. The van der Waals surface area contributed by atoms with Gasteiger partial charge >= 0.3 is 0 Å². The van der Waals surface area contributed by atoms with Gasteiger partial charge in [0.2, 0.25) is 0 Å². The van der Waals surface area contributed by atoms with E-state index in [1.165, 1.54) is 72.4 Å². The van der Waals surface area contributed by atoms with Crippen molar-refractivity contribution in [2.24, 2.45) is 0 Å². The molecule has 1 aliphatic rings. The normalized spacial score (nSPS) is 13.2. The molecule has 0 atom stereocenters. The Hall–Kier alpha value is -3.41. The average molecular weight is 718 g/mol. The van der Waals surface area contributed by atoms with Gasteiger partial charge in [0.25, 0.3) is 0 Å². The second-order valence-corrected chi connectivity index (χ2v) is 13.6. The molecule has 0 unspecified atom stereocenters. The van der Waals surface area contributed by atoms with Crippen LogP contribution in [0, 0.1) is 48.5 Å². The molecule has 0 bridgehead atoms. The van der Waals surface area contributed by atoms with Crippen molar-refractivity contribution in [3.63, 3.8) is 0 Å². The van der Waals surface area contributed by atoms with Crippen molar-refractivity contribution < 1.29 is 0 Å². The van der Waals surface area contributed by atoms with Crippen molar-refractivity contribution >= 4 is 42.9 Å². The van der Waals surface area contributed by atoms with Crippen LogP contribution in [0.25, 0.3) is 22.4 Å². The van der Waals surface area contributed by atoms with Crippen molar-refractivity contribution in [3.8, 4) is 22.4 Å². The van der Waals surface area contributed by atoms with Crippen LogP contribution in [0.4, 0.5) is 5.69 Å². The quantitative estimate of drug-likeness (QED) is 0.160. The number of aryl methyl sites for hydroxylation is 5. The van der Waals surface area contributed by atoms with Gasteiger partial charge in [0.15, 0.2) is 0 Å². The summed E-state index contributed by atoms with van der Waals surface area (Å²) in [5, 5.41) is 0. The number of rotatable bonds is 8. The summed E-state index contributed by atoms with van der Waals surface area (Å²) in [6, 6.07) is 25.5. The SMILES string of the molecule is Cc1ccc(N(Cc2ccnc(-c3cc(C)c(C)c(C)c3)c2)C2CCN(Cc3cncc(-c4cc(C)c(C)c(C)c4)c3)CC2)cc1.Cl.Cl.Cl. The molecule has 5 aromatic rings. The van der Waals surface area contributed by atoms with Crippen molar-refractivity contribution in [1.29, 1.82) is 0 Å². The fraction of sp³-hybridized carbons (Fsp3) is 0.333. The minimum Gasteiger partial charge on any atom is -0.364 e. The molecule has 0 aliphatic carbocycles. The first-order chi connectivity index (χ1) is 22.1. The lowest BCUT2D eigenvalue weighted by atomic mass is 9.96. The molecule has 1 fully saturated rings. The molecule has 6 rings (SSSR count). The maximum absolute atomic E-state index is 4.78. The van der Waals surface area contributed by atoms with E-state index in [-0.39, 0.29) is 37.2 Å². The van der Waals surface area contributed by atoms with Crippen LogP contribution in [0.2, 0.25) is 0 Å². The highest BCUT2D eigenvalue weighted by molar-refractivity contribution is 5.86. The minimum absolute atomic E-state index is 0. The van der Waals surface area contributed by atoms with Crippen molar-refractivity contribution in [3.05, 3.63) is 135 Å². The molecule has 49 heavy (non-hydrogen) atoms. The van der Waals surface area contributed by atoms with E-state index >= 15 is 0 Å². The zero-order valence-electron chi connectivity index (χ0n) is 29.9. The minimum atomic E-state index is 0. The number of piperidine rings is 1. The van der Waals surface area contributed by atoms with E-state index in [0.717, 1.165) is 44.7 Å². The van der Waals surface area contributed by atoms with Crippen LogP contribution in [0.1, 0.15) is 62.9 Å².